The van der Waals surface area contributed by atoms with Crippen LogP contribution < -0.4 is 11.1 Å². The van der Waals surface area contributed by atoms with E-state index >= 15 is 0 Å². The Balaban J connectivity index is 1.79. The normalized spacial score (nSPS) is 21.2. The zero-order chi connectivity index (χ0) is 22.0. The molecule has 0 saturated carbocycles. The van der Waals surface area contributed by atoms with Crippen molar-refractivity contribution in [2.24, 2.45) is 11.1 Å². The topological polar surface area (TPSA) is 147 Å². The summed E-state index contributed by atoms with van der Waals surface area (Å²) in [5.74, 6) is -1.82. The highest BCUT2D eigenvalue weighted by Gasteiger charge is 2.54. The smallest absolute Gasteiger partial charge is 0.352 e. The van der Waals surface area contributed by atoms with E-state index in [0.29, 0.717) is 17.9 Å². The minimum absolute atomic E-state index is 0.101. The number of β-lactam (4-membered cyclic amide) rings is 1. The van der Waals surface area contributed by atoms with Gasteiger partial charge in [0.15, 0.2) is 10.8 Å². The zero-order valence-corrected chi connectivity index (χ0v) is 18.0. The summed E-state index contributed by atoms with van der Waals surface area (Å²) in [6.45, 7) is 7.77. The van der Waals surface area contributed by atoms with E-state index in [4.69, 9.17) is 10.6 Å². The number of carboxylic acid groups (broad SMARTS) is 1. The van der Waals surface area contributed by atoms with Crippen molar-refractivity contribution < 1.29 is 24.3 Å². The van der Waals surface area contributed by atoms with Crippen LogP contribution in [-0.2, 0) is 19.2 Å². The number of fused-ring (bicyclic) bond motifs is 1. The van der Waals surface area contributed by atoms with Gasteiger partial charge < -0.3 is 21.0 Å². The molecule has 4 N–H and O–H groups in total. The SMILES string of the molecule is C=CC1=C(C(=O)O)N2C(=O)C(NC(=O)C(=NOCC(C)C)c3csc(N)n3)[C@H]2SC1. The summed E-state index contributed by atoms with van der Waals surface area (Å²) in [6, 6.07) is -0.894. The van der Waals surface area contributed by atoms with Gasteiger partial charge in [-0.15, -0.1) is 23.1 Å². The summed E-state index contributed by atoms with van der Waals surface area (Å²) in [5, 5.41) is 17.3. The third kappa shape index (κ3) is 4.19. The molecule has 2 atom stereocenters. The average molecular weight is 452 g/mol. The molecule has 1 aromatic heterocycles. The fourth-order valence-corrected chi connectivity index (χ4v) is 4.75. The van der Waals surface area contributed by atoms with Crippen LogP contribution in [0.3, 0.4) is 0 Å². The molecular formula is C18H21N5O5S2. The fraction of sp³-hybridized carbons (Fsp3) is 0.389. The highest BCUT2D eigenvalue weighted by atomic mass is 32.2. The molecule has 1 aromatic rings. The second-order valence-corrected chi connectivity index (χ2v) is 8.94. The van der Waals surface area contributed by atoms with E-state index in [1.165, 1.54) is 22.7 Å². The predicted molar refractivity (Wildman–Crippen MR) is 114 cm³/mol. The van der Waals surface area contributed by atoms with Crippen LogP contribution in [0.2, 0.25) is 0 Å². The lowest BCUT2D eigenvalue weighted by molar-refractivity contribution is -0.150. The number of hydrogen-bond donors (Lipinski definition) is 3. The van der Waals surface area contributed by atoms with Crippen LogP contribution in [0.25, 0.3) is 0 Å². The maximum Gasteiger partial charge on any atom is 0.352 e. The molecule has 0 radical (unpaired) electrons. The Morgan fingerprint density at radius 1 is 1.57 bits per heavy atom. The van der Waals surface area contributed by atoms with Crippen molar-refractivity contribution in [3.8, 4) is 0 Å². The maximum atomic E-state index is 12.9. The number of nitrogens with zero attached hydrogens (tertiary/aromatic N) is 3. The molecule has 1 unspecified atom stereocenters. The Morgan fingerprint density at radius 2 is 2.30 bits per heavy atom. The van der Waals surface area contributed by atoms with Crippen molar-refractivity contribution in [1.82, 2.24) is 15.2 Å². The number of amides is 2. The first-order chi connectivity index (χ1) is 14.2. The Morgan fingerprint density at radius 3 is 2.87 bits per heavy atom. The van der Waals surface area contributed by atoms with E-state index in [1.807, 2.05) is 13.8 Å². The minimum atomic E-state index is -1.21. The molecule has 2 aliphatic rings. The van der Waals surface area contributed by atoms with E-state index in [9.17, 15) is 19.5 Å². The number of aromatic nitrogens is 1. The van der Waals surface area contributed by atoms with Gasteiger partial charge in [-0.2, -0.15) is 0 Å². The molecule has 0 aliphatic carbocycles. The van der Waals surface area contributed by atoms with Gasteiger partial charge in [-0.25, -0.2) is 9.78 Å². The highest BCUT2D eigenvalue weighted by Crippen LogP contribution is 2.40. The number of carbonyl (C=O) groups is 3. The number of rotatable bonds is 8. The Hall–Kier alpha value is -2.86. The molecule has 1 fully saturated rings. The Kier molecular flexibility index (Phi) is 6.46. The van der Waals surface area contributed by atoms with Crippen LogP contribution in [0, 0.1) is 5.92 Å². The van der Waals surface area contributed by atoms with Gasteiger partial charge in [-0.1, -0.05) is 31.7 Å². The van der Waals surface area contributed by atoms with Gasteiger partial charge in [-0.3, -0.25) is 14.5 Å². The molecule has 30 heavy (non-hydrogen) atoms. The standard InChI is InChI=1S/C18H21N5O5S2/c1-4-9-6-29-16-12(15(25)23(16)13(9)17(26)27)21-14(24)11(22-28-5-8(2)3)10-7-30-18(19)20-10/h4,7-8,12,16H,1,5-6H2,2-3H3,(H2,19,20)(H,21,24)(H,26,27)/t12?,16-/m1/s1. The molecule has 0 spiro atoms. The Labute approximate surface area is 180 Å². The zero-order valence-electron chi connectivity index (χ0n) is 16.3. The number of nitrogen functional groups attached to an aromatic ring is 1. The van der Waals surface area contributed by atoms with Crippen LogP contribution in [0.1, 0.15) is 19.5 Å². The van der Waals surface area contributed by atoms with E-state index in [0.717, 1.165) is 11.3 Å². The third-order valence-corrected chi connectivity index (χ3v) is 6.25. The average Bonchev–Trinajstić information content (AvgIpc) is 3.13. The molecule has 0 bridgehead atoms. The summed E-state index contributed by atoms with van der Waals surface area (Å²) in [6.07, 6.45) is 1.43. The van der Waals surface area contributed by atoms with Crippen LogP contribution >= 0.6 is 23.1 Å². The fourth-order valence-electron chi connectivity index (χ4n) is 2.86. The van der Waals surface area contributed by atoms with Crippen molar-refractivity contribution in [3.63, 3.8) is 0 Å². The summed E-state index contributed by atoms with van der Waals surface area (Å²) >= 11 is 2.49. The lowest BCUT2D eigenvalue weighted by atomic mass is 10.0. The second-order valence-electron chi connectivity index (χ2n) is 6.94. The van der Waals surface area contributed by atoms with Crippen LogP contribution in [0.5, 0.6) is 0 Å². The number of thiazole rings is 1. The van der Waals surface area contributed by atoms with Crippen LogP contribution in [0.4, 0.5) is 5.13 Å². The lowest BCUT2D eigenvalue weighted by Crippen LogP contribution is -2.71. The van der Waals surface area contributed by atoms with Gasteiger partial charge in [0.25, 0.3) is 11.8 Å². The quantitative estimate of drug-likeness (QED) is 0.302. The number of hydrogen-bond acceptors (Lipinski definition) is 9. The monoisotopic (exact) mass is 451 g/mol. The van der Waals surface area contributed by atoms with Crippen molar-refractivity contribution in [2.45, 2.75) is 25.3 Å². The first kappa shape index (κ1) is 21.8. The van der Waals surface area contributed by atoms with E-state index in [-0.39, 0.29) is 28.2 Å². The summed E-state index contributed by atoms with van der Waals surface area (Å²) in [7, 11) is 0. The highest BCUT2D eigenvalue weighted by molar-refractivity contribution is 8.00. The molecule has 2 amide bonds. The number of nitrogens with two attached hydrogens (primary N) is 1. The predicted octanol–water partition coefficient (Wildman–Crippen LogP) is 1.03. The Bertz CT molecular complexity index is 955. The van der Waals surface area contributed by atoms with Gasteiger partial charge in [0, 0.05) is 11.1 Å². The van der Waals surface area contributed by atoms with Crippen molar-refractivity contribution in [3.05, 3.63) is 35.0 Å². The molecule has 10 nitrogen and oxygen atoms in total. The number of aliphatic carboxylic acids is 1. The van der Waals surface area contributed by atoms with Gasteiger partial charge in [0.1, 0.15) is 29.4 Å². The van der Waals surface area contributed by atoms with Gasteiger partial charge in [0.2, 0.25) is 0 Å². The first-order valence-electron chi connectivity index (χ1n) is 9.00. The van der Waals surface area contributed by atoms with Crippen LogP contribution in [0.15, 0.2) is 34.5 Å². The van der Waals surface area contributed by atoms with E-state index in [2.05, 4.69) is 22.0 Å². The minimum Gasteiger partial charge on any atom is -0.477 e. The first-order valence-corrected chi connectivity index (χ1v) is 10.9. The molecular weight excluding hydrogens is 430 g/mol. The third-order valence-electron chi connectivity index (χ3n) is 4.28. The second kappa shape index (κ2) is 8.88. The molecule has 12 heteroatoms. The number of anilines is 1. The molecule has 160 valence electrons. The molecule has 3 heterocycles. The van der Waals surface area contributed by atoms with Crippen molar-refractivity contribution >= 4 is 51.7 Å². The van der Waals surface area contributed by atoms with Crippen molar-refractivity contribution in [1.29, 1.82) is 0 Å². The summed E-state index contributed by atoms with van der Waals surface area (Å²) in [4.78, 5) is 47.6. The molecule has 0 aromatic carbocycles. The van der Waals surface area contributed by atoms with Gasteiger partial charge >= 0.3 is 5.97 Å². The van der Waals surface area contributed by atoms with E-state index < -0.39 is 29.2 Å². The maximum absolute atomic E-state index is 12.9. The summed E-state index contributed by atoms with van der Waals surface area (Å²) in [5.41, 5.74) is 6.15. The molecule has 2 aliphatic heterocycles. The number of carbonyl (C=O) groups excluding carboxylic acids is 2. The number of carboxylic acids is 1. The van der Waals surface area contributed by atoms with Gasteiger partial charge in [-0.05, 0) is 11.5 Å². The van der Waals surface area contributed by atoms with Gasteiger partial charge in [0.05, 0.1) is 0 Å². The summed E-state index contributed by atoms with van der Waals surface area (Å²) < 4.78 is 0. The van der Waals surface area contributed by atoms with Crippen LogP contribution in [-0.4, -0.2) is 62.3 Å². The van der Waals surface area contributed by atoms with E-state index in [1.54, 1.807) is 5.38 Å². The number of thioether (sulfide) groups is 1. The number of nitrogens with one attached hydrogen (secondary N) is 1. The largest absolute Gasteiger partial charge is 0.477 e. The molecule has 3 rings (SSSR count). The number of oxime groups is 1. The lowest BCUT2D eigenvalue weighted by Gasteiger charge is -2.49. The molecule has 1 saturated heterocycles. The van der Waals surface area contributed by atoms with Crippen molar-refractivity contribution in [2.75, 3.05) is 18.1 Å². The number of allylic oxidation sites excluding steroid dienone is 1.